The van der Waals surface area contributed by atoms with Crippen LogP contribution in [0.25, 0.3) is 0 Å². The van der Waals surface area contributed by atoms with Gasteiger partial charge in [-0.25, -0.2) is 4.79 Å². The third-order valence-electron chi connectivity index (χ3n) is 4.24. The van der Waals surface area contributed by atoms with Gasteiger partial charge in [0.1, 0.15) is 5.75 Å². The van der Waals surface area contributed by atoms with Crippen LogP contribution in [0, 0.1) is 0 Å². The van der Waals surface area contributed by atoms with Gasteiger partial charge in [-0.05, 0) is 31.0 Å². The maximum atomic E-state index is 12.3. The molecule has 1 aliphatic rings. The number of carbonyl (C=O) groups excluding carboxylic acids is 1. The summed E-state index contributed by atoms with van der Waals surface area (Å²) in [6.07, 6.45) is 8.04. The number of ether oxygens (including phenoxy) is 1. The van der Waals surface area contributed by atoms with Crippen LogP contribution in [0.1, 0.15) is 31.7 Å². The topological polar surface area (TPSA) is 68.2 Å². The molecule has 6 nitrogen and oxygen atoms in total. The molecule has 0 unspecified atom stereocenters. The smallest absolute Gasteiger partial charge is 0.319 e. The Balaban J connectivity index is 1.63. The summed E-state index contributed by atoms with van der Waals surface area (Å²) in [5.74, 6) is 0.717. The molecule has 1 aromatic carbocycles. The van der Waals surface area contributed by atoms with Crippen LogP contribution in [0.2, 0.25) is 0 Å². The Morgan fingerprint density at radius 3 is 2.96 bits per heavy atom. The Hall–Kier alpha value is -2.50. The standard InChI is InChI=1S/C17H22N4O2/c1-23-14-7-4-6-13(12-14)19-17(22)20-15-8-2-3-9-16(15)21-11-5-10-18-21/h4-7,10-12,15-16H,2-3,8-9H2,1H3,(H2,19,20,22)/t15-,16+/m1/s1. The molecule has 0 spiro atoms. The zero-order chi connectivity index (χ0) is 16.1. The van der Waals surface area contributed by atoms with Crippen LogP contribution in [-0.2, 0) is 0 Å². The molecule has 0 aliphatic heterocycles. The average Bonchev–Trinajstić information content (AvgIpc) is 3.10. The van der Waals surface area contributed by atoms with E-state index in [0.717, 1.165) is 25.0 Å². The van der Waals surface area contributed by atoms with E-state index in [2.05, 4.69) is 15.7 Å². The van der Waals surface area contributed by atoms with Gasteiger partial charge in [0.15, 0.2) is 0 Å². The fourth-order valence-electron chi connectivity index (χ4n) is 3.11. The molecule has 2 aromatic rings. The first-order valence-corrected chi connectivity index (χ1v) is 7.97. The number of nitrogens with zero attached hydrogens (tertiary/aromatic N) is 2. The van der Waals surface area contributed by atoms with Crippen molar-refractivity contribution in [3.63, 3.8) is 0 Å². The Labute approximate surface area is 135 Å². The summed E-state index contributed by atoms with van der Waals surface area (Å²) in [7, 11) is 1.61. The predicted octanol–water partition coefficient (Wildman–Crippen LogP) is 3.20. The Morgan fingerprint density at radius 1 is 1.30 bits per heavy atom. The lowest BCUT2D eigenvalue weighted by molar-refractivity contribution is 0.223. The summed E-state index contributed by atoms with van der Waals surface area (Å²) < 4.78 is 7.12. The number of aromatic nitrogens is 2. The molecule has 1 aliphatic carbocycles. The second-order valence-electron chi connectivity index (χ2n) is 5.77. The van der Waals surface area contributed by atoms with Gasteiger partial charge in [0, 0.05) is 24.1 Å². The van der Waals surface area contributed by atoms with Crippen LogP contribution in [0.4, 0.5) is 10.5 Å². The molecule has 3 rings (SSSR count). The van der Waals surface area contributed by atoms with Crippen molar-refractivity contribution in [2.45, 2.75) is 37.8 Å². The first-order valence-electron chi connectivity index (χ1n) is 7.97. The predicted molar refractivity (Wildman–Crippen MR) is 88.7 cm³/mol. The molecule has 6 heteroatoms. The summed E-state index contributed by atoms with van der Waals surface area (Å²) >= 11 is 0. The normalized spacial score (nSPS) is 20.7. The number of hydrogen-bond acceptors (Lipinski definition) is 3. The second kappa shape index (κ2) is 7.17. The Kier molecular flexibility index (Phi) is 4.80. The highest BCUT2D eigenvalue weighted by Crippen LogP contribution is 2.28. The molecule has 122 valence electrons. The van der Waals surface area contributed by atoms with E-state index < -0.39 is 0 Å². The third-order valence-corrected chi connectivity index (χ3v) is 4.24. The fourth-order valence-corrected chi connectivity index (χ4v) is 3.11. The molecule has 1 fully saturated rings. The monoisotopic (exact) mass is 314 g/mol. The summed E-state index contributed by atoms with van der Waals surface area (Å²) in [6.45, 7) is 0. The number of anilines is 1. The van der Waals surface area contributed by atoms with E-state index in [0.29, 0.717) is 5.69 Å². The van der Waals surface area contributed by atoms with Crippen molar-refractivity contribution >= 4 is 11.7 Å². The number of methoxy groups -OCH3 is 1. The molecular weight excluding hydrogens is 292 g/mol. The highest BCUT2D eigenvalue weighted by molar-refractivity contribution is 5.89. The molecular formula is C17H22N4O2. The van der Waals surface area contributed by atoms with Crippen LogP contribution in [0.15, 0.2) is 42.7 Å². The van der Waals surface area contributed by atoms with E-state index in [1.165, 1.54) is 6.42 Å². The molecule has 2 amide bonds. The molecule has 1 saturated carbocycles. The van der Waals surface area contributed by atoms with Crippen molar-refractivity contribution in [2.75, 3.05) is 12.4 Å². The minimum absolute atomic E-state index is 0.0919. The summed E-state index contributed by atoms with van der Waals surface area (Å²) in [4.78, 5) is 12.3. The van der Waals surface area contributed by atoms with Gasteiger partial charge in [0.2, 0.25) is 0 Å². The van der Waals surface area contributed by atoms with Crippen LogP contribution in [-0.4, -0.2) is 29.0 Å². The number of rotatable bonds is 4. The number of carbonyl (C=O) groups is 1. The highest BCUT2D eigenvalue weighted by atomic mass is 16.5. The summed E-state index contributed by atoms with van der Waals surface area (Å²) in [6, 6.07) is 9.37. The van der Waals surface area contributed by atoms with E-state index in [1.54, 1.807) is 19.4 Å². The summed E-state index contributed by atoms with van der Waals surface area (Å²) in [5.41, 5.74) is 0.716. The van der Waals surface area contributed by atoms with Gasteiger partial charge in [0.05, 0.1) is 19.2 Å². The van der Waals surface area contributed by atoms with Gasteiger partial charge in [-0.2, -0.15) is 5.10 Å². The SMILES string of the molecule is COc1cccc(NC(=O)N[C@@H]2CCCC[C@@H]2n2cccn2)c1. The van der Waals surface area contributed by atoms with Gasteiger partial charge < -0.3 is 15.4 Å². The van der Waals surface area contributed by atoms with Crippen molar-refractivity contribution in [3.8, 4) is 5.75 Å². The number of benzene rings is 1. The van der Waals surface area contributed by atoms with E-state index in [9.17, 15) is 4.79 Å². The highest BCUT2D eigenvalue weighted by Gasteiger charge is 2.28. The van der Waals surface area contributed by atoms with Gasteiger partial charge >= 0.3 is 6.03 Å². The number of urea groups is 1. The lowest BCUT2D eigenvalue weighted by atomic mass is 9.90. The molecule has 0 bridgehead atoms. The quantitative estimate of drug-likeness (QED) is 0.910. The van der Waals surface area contributed by atoms with Gasteiger partial charge in [-0.1, -0.05) is 18.9 Å². The van der Waals surface area contributed by atoms with E-state index >= 15 is 0 Å². The minimum atomic E-state index is -0.192. The minimum Gasteiger partial charge on any atom is -0.497 e. The van der Waals surface area contributed by atoms with Crippen molar-refractivity contribution in [2.24, 2.45) is 0 Å². The van der Waals surface area contributed by atoms with Crippen molar-refractivity contribution in [1.29, 1.82) is 0 Å². The molecule has 2 N–H and O–H groups in total. The van der Waals surface area contributed by atoms with E-state index in [-0.39, 0.29) is 18.1 Å². The lowest BCUT2D eigenvalue weighted by Crippen LogP contribution is -2.45. The van der Waals surface area contributed by atoms with Crippen LogP contribution in [0.5, 0.6) is 5.75 Å². The Bertz CT molecular complexity index is 642. The largest absolute Gasteiger partial charge is 0.497 e. The molecule has 2 atom stereocenters. The zero-order valence-electron chi connectivity index (χ0n) is 13.2. The first kappa shape index (κ1) is 15.4. The number of nitrogens with one attached hydrogen (secondary N) is 2. The molecule has 1 aromatic heterocycles. The maximum Gasteiger partial charge on any atom is 0.319 e. The molecule has 1 heterocycles. The average molecular weight is 314 g/mol. The first-order chi connectivity index (χ1) is 11.3. The number of amides is 2. The molecule has 0 radical (unpaired) electrons. The second-order valence-corrected chi connectivity index (χ2v) is 5.77. The summed E-state index contributed by atoms with van der Waals surface area (Å²) in [5, 5.41) is 10.3. The van der Waals surface area contributed by atoms with Crippen molar-refractivity contribution in [1.82, 2.24) is 15.1 Å². The van der Waals surface area contributed by atoms with Crippen LogP contribution in [0.3, 0.4) is 0 Å². The third kappa shape index (κ3) is 3.83. The molecule has 23 heavy (non-hydrogen) atoms. The zero-order valence-corrected chi connectivity index (χ0v) is 13.2. The lowest BCUT2D eigenvalue weighted by Gasteiger charge is -2.32. The van der Waals surface area contributed by atoms with E-state index in [1.807, 2.05) is 35.1 Å². The van der Waals surface area contributed by atoms with Gasteiger partial charge in [-0.15, -0.1) is 0 Å². The van der Waals surface area contributed by atoms with Crippen molar-refractivity contribution < 1.29 is 9.53 Å². The maximum absolute atomic E-state index is 12.3. The Morgan fingerprint density at radius 2 is 2.17 bits per heavy atom. The number of hydrogen-bond donors (Lipinski definition) is 2. The van der Waals surface area contributed by atoms with Gasteiger partial charge in [-0.3, -0.25) is 4.68 Å². The van der Waals surface area contributed by atoms with Crippen LogP contribution >= 0.6 is 0 Å². The van der Waals surface area contributed by atoms with Crippen LogP contribution < -0.4 is 15.4 Å². The fraction of sp³-hybridized carbons (Fsp3) is 0.412. The van der Waals surface area contributed by atoms with Crippen molar-refractivity contribution in [3.05, 3.63) is 42.7 Å². The van der Waals surface area contributed by atoms with Gasteiger partial charge in [0.25, 0.3) is 0 Å². The van der Waals surface area contributed by atoms with E-state index in [4.69, 9.17) is 4.74 Å². The molecule has 0 saturated heterocycles.